The highest BCUT2D eigenvalue weighted by Crippen LogP contribution is 2.30. The lowest BCUT2D eigenvalue weighted by molar-refractivity contribution is -0.144. The molecule has 8 heteroatoms. The van der Waals surface area contributed by atoms with E-state index in [-0.39, 0.29) is 16.9 Å². The minimum Gasteiger partial charge on any atom is -0.340 e. The Morgan fingerprint density at radius 2 is 1.82 bits per heavy atom. The molecule has 28 heavy (non-hydrogen) atoms. The van der Waals surface area contributed by atoms with Crippen LogP contribution in [0.4, 0.5) is 13.2 Å². The highest BCUT2D eigenvalue weighted by Gasteiger charge is 2.34. The van der Waals surface area contributed by atoms with Gasteiger partial charge in [0.2, 0.25) is 5.82 Å². The molecule has 4 nitrogen and oxygen atoms in total. The molecule has 0 saturated carbocycles. The molecule has 0 aliphatic carbocycles. The monoisotopic (exact) mass is 401 g/mol. The summed E-state index contributed by atoms with van der Waals surface area (Å²) in [5.41, 5.74) is 1.95. The molecule has 2 aromatic carbocycles. The van der Waals surface area contributed by atoms with E-state index in [1.807, 2.05) is 35.7 Å². The zero-order chi connectivity index (χ0) is 19.7. The van der Waals surface area contributed by atoms with Crippen LogP contribution in [-0.2, 0) is 6.18 Å². The number of amides is 1. The van der Waals surface area contributed by atoms with Crippen molar-refractivity contribution in [2.75, 3.05) is 0 Å². The van der Waals surface area contributed by atoms with Crippen molar-refractivity contribution in [2.24, 2.45) is 0 Å². The van der Waals surface area contributed by atoms with E-state index in [1.54, 1.807) is 24.3 Å². The Labute approximate surface area is 162 Å². The fourth-order valence-corrected chi connectivity index (χ4v) is 3.58. The Bertz CT molecular complexity index is 1100. The van der Waals surface area contributed by atoms with Gasteiger partial charge in [-0.2, -0.15) is 13.2 Å². The minimum atomic E-state index is -4.55. The van der Waals surface area contributed by atoms with E-state index >= 15 is 0 Å². The molecule has 1 amide bonds. The summed E-state index contributed by atoms with van der Waals surface area (Å²) in [7, 11) is 0. The number of fused-ring (bicyclic) bond motifs is 1. The first kappa shape index (κ1) is 18.2. The Kier molecular flexibility index (Phi) is 4.64. The minimum absolute atomic E-state index is 0.215. The molecule has 0 radical (unpaired) electrons. The van der Waals surface area contributed by atoms with Crippen LogP contribution in [0.15, 0.2) is 66.0 Å². The third kappa shape index (κ3) is 3.63. The van der Waals surface area contributed by atoms with Gasteiger partial charge in [0.25, 0.3) is 5.91 Å². The average molecular weight is 401 g/mol. The van der Waals surface area contributed by atoms with Gasteiger partial charge < -0.3 is 10.3 Å². The van der Waals surface area contributed by atoms with E-state index in [4.69, 9.17) is 0 Å². The number of halogens is 3. The lowest BCUT2D eigenvalue weighted by Gasteiger charge is -2.19. The molecular formula is C20H14F3N3OS. The van der Waals surface area contributed by atoms with Gasteiger partial charge in [-0.15, -0.1) is 11.3 Å². The normalized spacial score (nSPS) is 12.8. The predicted octanol–water partition coefficient (Wildman–Crippen LogP) is 5.16. The molecule has 0 fully saturated rings. The molecule has 2 aromatic heterocycles. The van der Waals surface area contributed by atoms with Crippen LogP contribution in [0.2, 0.25) is 0 Å². The van der Waals surface area contributed by atoms with Crippen LogP contribution < -0.4 is 5.32 Å². The number of thiophene rings is 1. The van der Waals surface area contributed by atoms with Crippen molar-refractivity contribution < 1.29 is 18.0 Å². The summed E-state index contributed by atoms with van der Waals surface area (Å²) >= 11 is 1.32. The predicted molar refractivity (Wildman–Crippen MR) is 101 cm³/mol. The van der Waals surface area contributed by atoms with Crippen LogP contribution in [0.5, 0.6) is 0 Å². The van der Waals surface area contributed by atoms with Gasteiger partial charge in [-0.25, -0.2) is 4.98 Å². The first-order valence-electron chi connectivity index (χ1n) is 8.38. The SMILES string of the molecule is O=C(N[C@H](c1ccccc1)c1ccc2nc(C(F)(F)F)[nH]c2c1)c1cccs1. The quantitative estimate of drug-likeness (QED) is 0.496. The molecular weight excluding hydrogens is 387 g/mol. The molecule has 0 saturated heterocycles. The average Bonchev–Trinajstić information content (AvgIpc) is 3.35. The molecule has 0 aliphatic heterocycles. The molecule has 0 aliphatic rings. The summed E-state index contributed by atoms with van der Waals surface area (Å²) < 4.78 is 38.8. The Hall–Kier alpha value is -3.13. The van der Waals surface area contributed by atoms with E-state index in [0.29, 0.717) is 10.4 Å². The number of aromatic nitrogens is 2. The summed E-state index contributed by atoms with van der Waals surface area (Å²) in [5, 5.41) is 4.78. The largest absolute Gasteiger partial charge is 0.449 e. The number of hydrogen-bond donors (Lipinski definition) is 2. The summed E-state index contributed by atoms with van der Waals surface area (Å²) in [6.07, 6.45) is -4.55. The topological polar surface area (TPSA) is 57.8 Å². The summed E-state index contributed by atoms with van der Waals surface area (Å²) in [5.74, 6) is -1.29. The third-order valence-corrected chi connectivity index (χ3v) is 5.13. The second-order valence-corrected chi connectivity index (χ2v) is 7.10. The molecule has 142 valence electrons. The number of carbonyl (C=O) groups excluding carboxylic acids is 1. The summed E-state index contributed by atoms with van der Waals surface area (Å²) in [6, 6.07) is 17.0. The van der Waals surface area contributed by atoms with Crippen LogP contribution in [0.25, 0.3) is 11.0 Å². The third-order valence-electron chi connectivity index (χ3n) is 4.26. The van der Waals surface area contributed by atoms with E-state index in [2.05, 4.69) is 15.3 Å². The van der Waals surface area contributed by atoms with Crippen LogP contribution in [0, 0.1) is 0 Å². The van der Waals surface area contributed by atoms with E-state index in [0.717, 1.165) is 5.56 Å². The molecule has 0 spiro atoms. The fraction of sp³-hybridized carbons (Fsp3) is 0.100. The molecule has 2 N–H and O–H groups in total. The second kappa shape index (κ2) is 7.12. The maximum Gasteiger partial charge on any atom is 0.449 e. The Morgan fingerprint density at radius 1 is 1.04 bits per heavy atom. The van der Waals surface area contributed by atoms with Crippen molar-refractivity contribution >= 4 is 28.3 Å². The van der Waals surface area contributed by atoms with Gasteiger partial charge in [0.05, 0.1) is 22.0 Å². The van der Waals surface area contributed by atoms with Gasteiger partial charge in [0.15, 0.2) is 0 Å². The van der Waals surface area contributed by atoms with Crippen LogP contribution in [0.3, 0.4) is 0 Å². The zero-order valence-corrected chi connectivity index (χ0v) is 15.1. The molecule has 0 unspecified atom stereocenters. The second-order valence-electron chi connectivity index (χ2n) is 6.15. The number of carbonyl (C=O) groups is 1. The van der Waals surface area contributed by atoms with Gasteiger partial charge in [0, 0.05) is 0 Å². The zero-order valence-electron chi connectivity index (χ0n) is 14.3. The molecule has 0 bridgehead atoms. The molecule has 4 rings (SSSR count). The Morgan fingerprint density at radius 3 is 2.50 bits per heavy atom. The number of alkyl halides is 3. The van der Waals surface area contributed by atoms with Crippen molar-refractivity contribution in [3.8, 4) is 0 Å². The van der Waals surface area contributed by atoms with Crippen molar-refractivity contribution in [1.82, 2.24) is 15.3 Å². The van der Waals surface area contributed by atoms with E-state index in [9.17, 15) is 18.0 Å². The highest BCUT2D eigenvalue weighted by atomic mass is 32.1. The van der Waals surface area contributed by atoms with Gasteiger partial charge in [-0.1, -0.05) is 42.5 Å². The number of H-pyrrole nitrogens is 1. The number of nitrogens with one attached hydrogen (secondary N) is 2. The molecule has 1 atom stereocenters. The van der Waals surface area contributed by atoms with Crippen molar-refractivity contribution in [3.05, 3.63) is 87.9 Å². The lowest BCUT2D eigenvalue weighted by Crippen LogP contribution is -2.28. The van der Waals surface area contributed by atoms with Gasteiger partial charge in [-0.3, -0.25) is 4.79 Å². The maximum atomic E-state index is 12.9. The highest BCUT2D eigenvalue weighted by molar-refractivity contribution is 7.12. The number of imidazole rings is 1. The van der Waals surface area contributed by atoms with Crippen LogP contribution in [0.1, 0.15) is 32.7 Å². The van der Waals surface area contributed by atoms with E-state index < -0.39 is 18.0 Å². The number of aromatic amines is 1. The van der Waals surface area contributed by atoms with E-state index in [1.165, 1.54) is 17.4 Å². The number of hydrogen-bond acceptors (Lipinski definition) is 3. The summed E-state index contributed by atoms with van der Waals surface area (Å²) in [6.45, 7) is 0. The van der Waals surface area contributed by atoms with Crippen molar-refractivity contribution in [1.29, 1.82) is 0 Å². The molecule has 2 heterocycles. The maximum absolute atomic E-state index is 12.9. The summed E-state index contributed by atoms with van der Waals surface area (Å²) in [4.78, 5) is 19.1. The van der Waals surface area contributed by atoms with Gasteiger partial charge in [-0.05, 0) is 34.7 Å². The van der Waals surface area contributed by atoms with Crippen LogP contribution >= 0.6 is 11.3 Å². The first-order valence-corrected chi connectivity index (χ1v) is 9.26. The van der Waals surface area contributed by atoms with Crippen LogP contribution in [-0.4, -0.2) is 15.9 Å². The van der Waals surface area contributed by atoms with Gasteiger partial charge in [0.1, 0.15) is 0 Å². The Balaban J connectivity index is 1.74. The van der Waals surface area contributed by atoms with Gasteiger partial charge >= 0.3 is 6.18 Å². The van der Waals surface area contributed by atoms with Crippen molar-refractivity contribution in [3.63, 3.8) is 0 Å². The first-order chi connectivity index (χ1) is 13.4. The van der Waals surface area contributed by atoms with Crippen molar-refractivity contribution in [2.45, 2.75) is 12.2 Å². The number of nitrogens with zero attached hydrogens (tertiary/aromatic N) is 1. The molecule has 4 aromatic rings. The number of benzene rings is 2. The standard InChI is InChI=1S/C20H14F3N3OS/c21-20(22,23)19-24-14-9-8-13(11-15(14)25-19)17(12-5-2-1-3-6-12)26-18(27)16-7-4-10-28-16/h1-11,17H,(H,24,25)(H,26,27)/t17-/m1/s1. The lowest BCUT2D eigenvalue weighted by atomic mass is 9.98. The number of rotatable bonds is 4. The smallest absolute Gasteiger partial charge is 0.340 e. The fourth-order valence-electron chi connectivity index (χ4n) is 2.96.